The van der Waals surface area contributed by atoms with Crippen LogP contribution in [-0.4, -0.2) is 17.0 Å². The van der Waals surface area contributed by atoms with Crippen LogP contribution in [0.1, 0.15) is 5.56 Å². The molecule has 6 nitrogen and oxygen atoms in total. The van der Waals surface area contributed by atoms with Gasteiger partial charge in [0.25, 0.3) is 5.69 Å². The van der Waals surface area contributed by atoms with E-state index in [9.17, 15) is 10.1 Å². The summed E-state index contributed by atoms with van der Waals surface area (Å²) < 4.78 is 5.21. The van der Waals surface area contributed by atoms with E-state index in [0.29, 0.717) is 0 Å². The van der Waals surface area contributed by atoms with Gasteiger partial charge < -0.3 is 10.1 Å². The number of ether oxygens (including phenoxy) is 1. The molecule has 1 aromatic heterocycles. The number of benzene rings is 2. The summed E-state index contributed by atoms with van der Waals surface area (Å²) in [5, 5.41) is 15.1. The van der Waals surface area contributed by atoms with Gasteiger partial charge >= 0.3 is 0 Å². The molecule has 23 heavy (non-hydrogen) atoms. The van der Waals surface area contributed by atoms with E-state index in [-0.39, 0.29) is 5.69 Å². The number of hydrogen-bond acceptors (Lipinski definition) is 5. The predicted octanol–water partition coefficient (Wildman–Crippen LogP) is 4.20. The van der Waals surface area contributed by atoms with E-state index in [1.165, 1.54) is 6.07 Å². The molecule has 1 heterocycles. The molecule has 0 spiro atoms. The summed E-state index contributed by atoms with van der Waals surface area (Å²) in [6.45, 7) is 1.84. The average molecular weight is 309 g/mol. The smallest absolute Gasteiger partial charge is 0.269 e. The second-order valence-corrected chi connectivity index (χ2v) is 5.12. The fourth-order valence-electron chi connectivity index (χ4n) is 2.41. The number of aromatic nitrogens is 1. The number of nitro groups is 1. The first kappa shape index (κ1) is 14.8. The van der Waals surface area contributed by atoms with Gasteiger partial charge in [0.15, 0.2) is 0 Å². The highest BCUT2D eigenvalue weighted by Crippen LogP contribution is 2.30. The Balaban J connectivity index is 2.00. The van der Waals surface area contributed by atoms with Crippen LogP contribution in [0.4, 0.5) is 17.1 Å². The third kappa shape index (κ3) is 2.91. The third-order valence-electron chi connectivity index (χ3n) is 3.64. The number of nitro benzene ring substituents is 1. The van der Waals surface area contributed by atoms with Crippen molar-refractivity contribution in [1.29, 1.82) is 0 Å². The zero-order valence-electron chi connectivity index (χ0n) is 12.7. The van der Waals surface area contributed by atoms with Crippen LogP contribution in [0.2, 0.25) is 0 Å². The number of anilines is 2. The summed E-state index contributed by atoms with van der Waals surface area (Å²) in [5.41, 5.74) is 3.40. The molecule has 0 fully saturated rings. The van der Waals surface area contributed by atoms with Crippen LogP contribution in [0, 0.1) is 17.0 Å². The van der Waals surface area contributed by atoms with Gasteiger partial charge in [-0.3, -0.25) is 15.1 Å². The molecule has 0 aliphatic heterocycles. The number of rotatable bonds is 4. The summed E-state index contributed by atoms with van der Waals surface area (Å²) in [7, 11) is 1.61. The maximum Gasteiger partial charge on any atom is 0.269 e. The molecule has 3 rings (SSSR count). The number of pyridine rings is 1. The van der Waals surface area contributed by atoms with Crippen molar-refractivity contribution in [2.24, 2.45) is 0 Å². The van der Waals surface area contributed by atoms with Crippen molar-refractivity contribution in [3.63, 3.8) is 0 Å². The first-order valence-electron chi connectivity index (χ1n) is 7.03. The van der Waals surface area contributed by atoms with Crippen LogP contribution < -0.4 is 10.1 Å². The molecule has 0 radical (unpaired) electrons. The molecule has 0 atom stereocenters. The van der Waals surface area contributed by atoms with Gasteiger partial charge in [-0.1, -0.05) is 0 Å². The standard InChI is InChI=1S/C17H15N3O3/c1-11-9-12(20(21)22)3-6-15(11)19-16-7-8-18-17-10-13(23-2)4-5-14(16)17/h3-10H,1-2H3,(H,18,19). The SMILES string of the molecule is COc1ccc2c(Nc3ccc([N+](=O)[O-])cc3C)ccnc2c1. The molecule has 0 amide bonds. The summed E-state index contributed by atoms with van der Waals surface area (Å²) in [4.78, 5) is 14.8. The van der Waals surface area contributed by atoms with E-state index < -0.39 is 4.92 Å². The Kier molecular flexibility index (Phi) is 3.80. The lowest BCUT2D eigenvalue weighted by molar-refractivity contribution is -0.384. The van der Waals surface area contributed by atoms with Gasteiger partial charge in [-0.05, 0) is 36.8 Å². The number of methoxy groups -OCH3 is 1. The maximum atomic E-state index is 10.8. The highest BCUT2D eigenvalue weighted by molar-refractivity contribution is 5.93. The van der Waals surface area contributed by atoms with E-state index in [1.54, 1.807) is 25.4 Å². The molecule has 0 aliphatic carbocycles. The van der Waals surface area contributed by atoms with Crippen LogP contribution in [0.5, 0.6) is 5.75 Å². The Morgan fingerprint density at radius 3 is 2.65 bits per heavy atom. The lowest BCUT2D eigenvalue weighted by atomic mass is 10.1. The molecule has 0 aliphatic rings. The topological polar surface area (TPSA) is 77.3 Å². The zero-order chi connectivity index (χ0) is 16.4. The minimum Gasteiger partial charge on any atom is -0.497 e. The number of hydrogen-bond donors (Lipinski definition) is 1. The Bertz CT molecular complexity index is 893. The zero-order valence-corrected chi connectivity index (χ0v) is 12.7. The minimum atomic E-state index is -0.398. The lowest BCUT2D eigenvalue weighted by Crippen LogP contribution is -1.96. The lowest BCUT2D eigenvalue weighted by Gasteiger charge is -2.12. The van der Waals surface area contributed by atoms with E-state index >= 15 is 0 Å². The van der Waals surface area contributed by atoms with E-state index in [0.717, 1.165) is 33.6 Å². The summed E-state index contributed by atoms with van der Waals surface area (Å²) in [6.07, 6.45) is 1.71. The van der Waals surface area contributed by atoms with Crippen molar-refractivity contribution in [2.75, 3.05) is 12.4 Å². The Hall–Kier alpha value is -3.15. The molecule has 116 valence electrons. The van der Waals surface area contributed by atoms with Gasteiger partial charge in [0.2, 0.25) is 0 Å². The monoisotopic (exact) mass is 309 g/mol. The molecule has 6 heteroatoms. The van der Waals surface area contributed by atoms with E-state index in [4.69, 9.17) is 4.74 Å². The van der Waals surface area contributed by atoms with Crippen LogP contribution in [0.25, 0.3) is 10.9 Å². The van der Waals surface area contributed by atoms with Crippen molar-refractivity contribution in [2.45, 2.75) is 6.92 Å². The van der Waals surface area contributed by atoms with Crippen molar-refractivity contribution in [1.82, 2.24) is 4.98 Å². The Morgan fingerprint density at radius 1 is 1.13 bits per heavy atom. The van der Waals surface area contributed by atoms with Crippen molar-refractivity contribution in [3.8, 4) is 5.75 Å². The Labute approximate surface area is 132 Å². The Morgan fingerprint density at radius 2 is 1.96 bits per heavy atom. The molecule has 0 saturated carbocycles. The molecule has 0 bridgehead atoms. The van der Waals surface area contributed by atoms with Crippen molar-refractivity contribution >= 4 is 28.0 Å². The van der Waals surface area contributed by atoms with Gasteiger partial charge in [-0.2, -0.15) is 0 Å². The van der Waals surface area contributed by atoms with Crippen LogP contribution >= 0.6 is 0 Å². The molecular weight excluding hydrogens is 294 g/mol. The molecular formula is C17H15N3O3. The maximum absolute atomic E-state index is 10.8. The van der Waals surface area contributed by atoms with Gasteiger partial charge in [-0.15, -0.1) is 0 Å². The molecule has 0 unspecified atom stereocenters. The second-order valence-electron chi connectivity index (χ2n) is 5.12. The normalized spacial score (nSPS) is 10.5. The van der Waals surface area contributed by atoms with Gasteiger partial charge in [0.1, 0.15) is 5.75 Å². The molecule has 2 aromatic carbocycles. The van der Waals surface area contributed by atoms with Crippen LogP contribution in [-0.2, 0) is 0 Å². The first-order chi connectivity index (χ1) is 11.1. The fraction of sp³-hybridized carbons (Fsp3) is 0.118. The number of nitrogens with one attached hydrogen (secondary N) is 1. The van der Waals surface area contributed by atoms with Gasteiger partial charge in [0, 0.05) is 41.2 Å². The predicted molar refractivity (Wildman–Crippen MR) is 89.4 cm³/mol. The van der Waals surface area contributed by atoms with Gasteiger partial charge in [-0.25, -0.2) is 0 Å². The largest absolute Gasteiger partial charge is 0.497 e. The fourth-order valence-corrected chi connectivity index (χ4v) is 2.41. The van der Waals surface area contributed by atoms with Crippen LogP contribution in [0.3, 0.4) is 0 Å². The molecule has 0 saturated heterocycles. The highest BCUT2D eigenvalue weighted by atomic mass is 16.6. The van der Waals surface area contributed by atoms with Crippen molar-refractivity contribution in [3.05, 3.63) is 64.3 Å². The minimum absolute atomic E-state index is 0.0809. The third-order valence-corrected chi connectivity index (χ3v) is 3.64. The molecule has 3 aromatic rings. The van der Waals surface area contributed by atoms with Crippen molar-refractivity contribution < 1.29 is 9.66 Å². The average Bonchev–Trinajstić information content (AvgIpc) is 2.56. The first-order valence-corrected chi connectivity index (χ1v) is 7.03. The van der Waals surface area contributed by atoms with Crippen LogP contribution in [0.15, 0.2) is 48.7 Å². The second kappa shape index (κ2) is 5.92. The summed E-state index contributed by atoms with van der Waals surface area (Å²) in [5.74, 6) is 0.744. The van der Waals surface area contributed by atoms with E-state index in [2.05, 4.69) is 10.3 Å². The number of aryl methyl sites for hydroxylation is 1. The molecule has 1 N–H and O–H groups in total. The highest BCUT2D eigenvalue weighted by Gasteiger charge is 2.09. The van der Waals surface area contributed by atoms with Gasteiger partial charge in [0.05, 0.1) is 17.5 Å². The number of fused-ring (bicyclic) bond motifs is 1. The number of non-ortho nitro benzene ring substituents is 1. The van der Waals surface area contributed by atoms with E-state index in [1.807, 2.05) is 31.2 Å². The summed E-state index contributed by atoms with van der Waals surface area (Å²) >= 11 is 0. The summed E-state index contributed by atoms with van der Waals surface area (Å²) in [6, 6.07) is 12.3. The number of nitrogens with zero attached hydrogens (tertiary/aromatic N) is 2. The quantitative estimate of drug-likeness (QED) is 0.577.